The van der Waals surface area contributed by atoms with Crippen LogP contribution in [0.3, 0.4) is 0 Å². The number of nitrogens with zero attached hydrogens (tertiary/aromatic N) is 2. The van der Waals surface area contributed by atoms with E-state index in [-0.39, 0.29) is 0 Å². The third-order valence-electron chi connectivity index (χ3n) is 1.76. The molecule has 0 bridgehead atoms. The minimum atomic E-state index is 0.308. The Morgan fingerprint density at radius 3 is 2.50 bits per heavy atom. The van der Waals surface area contributed by atoms with Crippen molar-refractivity contribution < 1.29 is 0 Å². The van der Waals surface area contributed by atoms with Crippen LogP contribution in [0.4, 0.5) is 0 Å². The van der Waals surface area contributed by atoms with Gasteiger partial charge in [-0.15, -0.1) is 0 Å². The van der Waals surface area contributed by atoms with Crippen LogP contribution >= 0.6 is 0 Å². The Morgan fingerprint density at radius 2 is 2.00 bits per heavy atom. The van der Waals surface area contributed by atoms with E-state index in [9.17, 15) is 0 Å². The van der Waals surface area contributed by atoms with E-state index in [1.54, 1.807) is 12.4 Å². The molecule has 0 unspecified atom stereocenters. The second kappa shape index (κ2) is 2.02. The van der Waals surface area contributed by atoms with Crippen LogP contribution in [0.1, 0.15) is 18.2 Å². The molecule has 2 atom stereocenters. The third kappa shape index (κ3) is 0.885. The van der Waals surface area contributed by atoms with Gasteiger partial charge in [-0.05, 0) is 12.5 Å². The number of hydrogen-bond donors (Lipinski definition) is 1. The summed E-state index contributed by atoms with van der Waals surface area (Å²) in [6.45, 7) is 0. The van der Waals surface area contributed by atoms with Gasteiger partial charge in [-0.1, -0.05) is 0 Å². The Kier molecular flexibility index (Phi) is 1.17. The largest absolute Gasteiger partial charge is 0.327 e. The van der Waals surface area contributed by atoms with E-state index in [0.29, 0.717) is 12.0 Å². The first kappa shape index (κ1) is 5.80. The second-order valence-corrected chi connectivity index (χ2v) is 2.61. The lowest BCUT2D eigenvalue weighted by molar-refractivity contribution is 0.883. The average molecular weight is 135 g/mol. The van der Waals surface area contributed by atoms with Crippen LogP contribution in [0.2, 0.25) is 0 Å². The van der Waals surface area contributed by atoms with Gasteiger partial charge in [0, 0.05) is 24.4 Å². The van der Waals surface area contributed by atoms with Gasteiger partial charge in [0.15, 0.2) is 0 Å². The smallest absolute Gasteiger partial charge is 0.132 e. The molecule has 0 radical (unpaired) electrons. The van der Waals surface area contributed by atoms with Gasteiger partial charge in [0.2, 0.25) is 0 Å². The maximum absolute atomic E-state index is 5.62. The van der Waals surface area contributed by atoms with Crippen LogP contribution in [0, 0.1) is 0 Å². The fourth-order valence-electron chi connectivity index (χ4n) is 1.01. The molecule has 52 valence electrons. The number of aromatic nitrogens is 2. The summed E-state index contributed by atoms with van der Waals surface area (Å²) in [4.78, 5) is 8.20. The molecule has 1 heterocycles. The molecule has 2 N–H and O–H groups in total. The monoisotopic (exact) mass is 135 g/mol. The van der Waals surface area contributed by atoms with E-state index in [2.05, 4.69) is 9.97 Å². The standard InChI is InChI=1S/C7H9N3/c8-6-4-5(6)7-9-2-1-3-10-7/h1-3,5-6H,4,8H2/t5-,6-/m1/s1. The van der Waals surface area contributed by atoms with Gasteiger partial charge >= 0.3 is 0 Å². The van der Waals surface area contributed by atoms with Gasteiger partial charge in [0.05, 0.1) is 0 Å². The highest BCUT2D eigenvalue weighted by Crippen LogP contribution is 2.36. The Bertz CT molecular complexity index is 222. The predicted molar refractivity (Wildman–Crippen MR) is 37.4 cm³/mol. The average Bonchev–Trinajstić information content (AvgIpc) is 2.69. The number of hydrogen-bond acceptors (Lipinski definition) is 3. The van der Waals surface area contributed by atoms with E-state index in [0.717, 1.165) is 12.2 Å². The highest BCUT2D eigenvalue weighted by molar-refractivity contribution is 5.12. The zero-order chi connectivity index (χ0) is 6.97. The first-order valence-electron chi connectivity index (χ1n) is 3.40. The van der Waals surface area contributed by atoms with Crippen LogP contribution in [0.25, 0.3) is 0 Å². The number of nitrogens with two attached hydrogens (primary N) is 1. The molecule has 1 aromatic rings. The Balaban J connectivity index is 2.20. The maximum atomic E-state index is 5.62. The minimum absolute atomic E-state index is 0.308. The van der Waals surface area contributed by atoms with Crippen LogP contribution < -0.4 is 5.73 Å². The molecule has 2 rings (SSSR count). The lowest BCUT2D eigenvalue weighted by Crippen LogP contribution is -2.03. The molecule has 1 fully saturated rings. The normalized spacial score (nSPS) is 30.1. The van der Waals surface area contributed by atoms with Crippen LogP contribution in [0.15, 0.2) is 18.5 Å². The van der Waals surface area contributed by atoms with Gasteiger partial charge < -0.3 is 5.73 Å². The summed E-state index contributed by atoms with van der Waals surface area (Å²) in [6.07, 6.45) is 4.56. The van der Waals surface area contributed by atoms with Crippen molar-refractivity contribution in [3.05, 3.63) is 24.3 Å². The predicted octanol–water partition coefficient (Wildman–Crippen LogP) is 0.291. The molecule has 3 heteroatoms. The fourth-order valence-corrected chi connectivity index (χ4v) is 1.01. The van der Waals surface area contributed by atoms with Crippen molar-refractivity contribution in [1.82, 2.24) is 9.97 Å². The first-order valence-corrected chi connectivity index (χ1v) is 3.40. The zero-order valence-electron chi connectivity index (χ0n) is 5.57. The van der Waals surface area contributed by atoms with Crippen molar-refractivity contribution in [1.29, 1.82) is 0 Å². The van der Waals surface area contributed by atoms with Crippen molar-refractivity contribution in [3.63, 3.8) is 0 Å². The quantitative estimate of drug-likeness (QED) is 0.602. The highest BCUT2D eigenvalue weighted by Gasteiger charge is 2.36. The topological polar surface area (TPSA) is 51.8 Å². The molecule has 1 aromatic heterocycles. The molecule has 0 aliphatic heterocycles. The van der Waals surface area contributed by atoms with Crippen LogP contribution in [0.5, 0.6) is 0 Å². The molecule has 1 saturated carbocycles. The highest BCUT2D eigenvalue weighted by atomic mass is 14.9. The van der Waals surface area contributed by atoms with Crippen molar-refractivity contribution in [3.8, 4) is 0 Å². The summed E-state index contributed by atoms with van der Waals surface area (Å²) in [5.41, 5.74) is 5.62. The Hall–Kier alpha value is -0.960. The van der Waals surface area contributed by atoms with Gasteiger partial charge in [0.1, 0.15) is 5.82 Å². The van der Waals surface area contributed by atoms with E-state index in [4.69, 9.17) is 5.73 Å². The first-order chi connectivity index (χ1) is 4.88. The van der Waals surface area contributed by atoms with Gasteiger partial charge in [0.25, 0.3) is 0 Å². The summed E-state index contributed by atoms with van der Waals surface area (Å²) in [5, 5.41) is 0. The summed E-state index contributed by atoms with van der Waals surface area (Å²) in [7, 11) is 0. The fraction of sp³-hybridized carbons (Fsp3) is 0.429. The maximum Gasteiger partial charge on any atom is 0.132 e. The molecular formula is C7H9N3. The van der Waals surface area contributed by atoms with Crippen molar-refractivity contribution in [2.24, 2.45) is 5.73 Å². The lowest BCUT2D eigenvalue weighted by atomic mass is 10.4. The van der Waals surface area contributed by atoms with Crippen LogP contribution in [-0.4, -0.2) is 16.0 Å². The van der Waals surface area contributed by atoms with Gasteiger partial charge in [-0.2, -0.15) is 0 Å². The van der Waals surface area contributed by atoms with E-state index < -0.39 is 0 Å². The zero-order valence-corrected chi connectivity index (χ0v) is 5.57. The van der Waals surface area contributed by atoms with Crippen molar-refractivity contribution >= 4 is 0 Å². The second-order valence-electron chi connectivity index (χ2n) is 2.61. The SMILES string of the molecule is N[C@@H]1C[C@H]1c1ncccn1. The molecular weight excluding hydrogens is 126 g/mol. The van der Waals surface area contributed by atoms with E-state index in [1.807, 2.05) is 6.07 Å². The van der Waals surface area contributed by atoms with Crippen molar-refractivity contribution in [2.75, 3.05) is 0 Å². The Labute approximate surface area is 59.3 Å². The summed E-state index contributed by atoms with van der Waals surface area (Å²) in [5.74, 6) is 1.33. The van der Waals surface area contributed by atoms with Crippen molar-refractivity contribution in [2.45, 2.75) is 18.4 Å². The van der Waals surface area contributed by atoms with Gasteiger partial charge in [-0.3, -0.25) is 0 Å². The molecule has 1 aliphatic carbocycles. The third-order valence-corrected chi connectivity index (χ3v) is 1.76. The molecule has 3 nitrogen and oxygen atoms in total. The Morgan fingerprint density at radius 1 is 1.40 bits per heavy atom. The molecule has 0 spiro atoms. The summed E-state index contributed by atoms with van der Waals surface area (Å²) >= 11 is 0. The minimum Gasteiger partial charge on any atom is -0.327 e. The summed E-state index contributed by atoms with van der Waals surface area (Å²) in [6, 6.07) is 2.12. The molecule has 0 amide bonds. The van der Waals surface area contributed by atoms with Gasteiger partial charge in [-0.25, -0.2) is 9.97 Å². The lowest BCUT2D eigenvalue weighted by Gasteiger charge is -1.92. The summed E-state index contributed by atoms with van der Waals surface area (Å²) < 4.78 is 0. The van der Waals surface area contributed by atoms with Crippen LogP contribution in [-0.2, 0) is 0 Å². The van der Waals surface area contributed by atoms with E-state index in [1.165, 1.54) is 0 Å². The molecule has 10 heavy (non-hydrogen) atoms. The molecule has 0 saturated heterocycles. The molecule has 0 aromatic carbocycles. The molecule has 1 aliphatic rings. The number of rotatable bonds is 1. The van der Waals surface area contributed by atoms with E-state index >= 15 is 0 Å².